The van der Waals surface area contributed by atoms with Crippen LogP contribution in [0.1, 0.15) is 31.4 Å². The van der Waals surface area contributed by atoms with Crippen LogP contribution in [0.25, 0.3) is 0 Å². The predicted octanol–water partition coefficient (Wildman–Crippen LogP) is 3.51. The van der Waals surface area contributed by atoms with E-state index in [0.717, 1.165) is 30.5 Å². The lowest BCUT2D eigenvalue weighted by Crippen LogP contribution is -2.17. The molecule has 154 valence electrons. The van der Waals surface area contributed by atoms with Crippen LogP contribution in [-0.2, 0) is 23.0 Å². The number of nitrogens with one attached hydrogen (secondary N) is 1. The van der Waals surface area contributed by atoms with Crippen LogP contribution in [-0.4, -0.2) is 28.2 Å². The highest BCUT2D eigenvalue weighted by molar-refractivity contribution is 7.89. The molecule has 0 fully saturated rings. The fraction of sp³-hybridized carbons (Fsp3) is 0.400. The zero-order chi connectivity index (χ0) is 20.6. The first-order valence-electron chi connectivity index (χ1n) is 9.25. The first-order chi connectivity index (χ1) is 13.3. The topological polar surface area (TPSA) is 90.6 Å². The highest BCUT2D eigenvalue weighted by atomic mass is 35.5. The van der Waals surface area contributed by atoms with Gasteiger partial charge in [0.15, 0.2) is 11.5 Å². The van der Waals surface area contributed by atoms with Gasteiger partial charge in [-0.3, -0.25) is 0 Å². The second kappa shape index (κ2) is 10.7. The molecule has 6 nitrogen and oxygen atoms in total. The van der Waals surface area contributed by atoms with E-state index in [9.17, 15) is 8.42 Å². The van der Waals surface area contributed by atoms with Crippen LogP contribution < -0.4 is 19.9 Å². The highest BCUT2D eigenvalue weighted by Gasteiger charge is 2.12. The SMILES string of the molecule is CCCOc1c(Cl)cc(CNCCc2ccc(S(N)(=O)=O)cc2)cc1OCC. The van der Waals surface area contributed by atoms with Crippen molar-refractivity contribution in [3.05, 3.63) is 52.5 Å². The van der Waals surface area contributed by atoms with Gasteiger partial charge in [-0.05, 0) is 61.7 Å². The molecule has 0 amide bonds. The third-order valence-electron chi connectivity index (χ3n) is 3.99. The van der Waals surface area contributed by atoms with Gasteiger partial charge in [-0.1, -0.05) is 30.7 Å². The maximum atomic E-state index is 11.3. The number of ether oxygens (including phenoxy) is 2. The Balaban J connectivity index is 1.93. The van der Waals surface area contributed by atoms with E-state index in [1.54, 1.807) is 12.1 Å². The minimum Gasteiger partial charge on any atom is -0.490 e. The number of rotatable bonds is 11. The third-order valence-corrected chi connectivity index (χ3v) is 5.20. The molecule has 0 spiro atoms. The number of halogens is 1. The Morgan fingerprint density at radius 1 is 1.07 bits per heavy atom. The summed E-state index contributed by atoms with van der Waals surface area (Å²) in [5, 5.41) is 9.00. The minimum absolute atomic E-state index is 0.118. The van der Waals surface area contributed by atoms with Gasteiger partial charge in [-0.2, -0.15) is 0 Å². The number of primary sulfonamides is 1. The molecule has 8 heteroatoms. The number of nitrogens with two attached hydrogens (primary N) is 1. The number of hydrogen-bond donors (Lipinski definition) is 2. The van der Waals surface area contributed by atoms with Crippen molar-refractivity contribution in [2.24, 2.45) is 5.14 Å². The van der Waals surface area contributed by atoms with Crippen molar-refractivity contribution in [1.29, 1.82) is 0 Å². The van der Waals surface area contributed by atoms with Crippen molar-refractivity contribution in [1.82, 2.24) is 5.32 Å². The molecule has 2 aromatic rings. The molecule has 0 heterocycles. The summed E-state index contributed by atoms with van der Waals surface area (Å²) >= 11 is 6.37. The zero-order valence-corrected chi connectivity index (χ0v) is 17.8. The Labute approximate surface area is 172 Å². The lowest BCUT2D eigenvalue weighted by Gasteiger charge is -2.15. The lowest BCUT2D eigenvalue weighted by atomic mass is 10.1. The molecule has 3 N–H and O–H groups in total. The van der Waals surface area contributed by atoms with Crippen LogP contribution in [0.3, 0.4) is 0 Å². The smallest absolute Gasteiger partial charge is 0.238 e. The zero-order valence-electron chi connectivity index (χ0n) is 16.2. The average Bonchev–Trinajstić information content (AvgIpc) is 2.64. The molecule has 0 aliphatic carbocycles. The van der Waals surface area contributed by atoms with E-state index in [0.29, 0.717) is 36.3 Å². The van der Waals surface area contributed by atoms with E-state index in [2.05, 4.69) is 5.32 Å². The second-order valence-electron chi connectivity index (χ2n) is 6.30. The molecule has 0 aliphatic heterocycles. The molecule has 0 bridgehead atoms. The molecule has 2 rings (SSSR count). The Kier molecular flexibility index (Phi) is 8.57. The number of benzene rings is 2. The highest BCUT2D eigenvalue weighted by Crippen LogP contribution is 2.36. The van der Waals surface area contributed by atoms with E-state index >= 15 is 0 Å². The maximum absolute atomic E-state index is 11.3. The normalized spacial score (nSPS) is 11.4. The average molecular weight is 427 g/mol. The van der Waals surface area contributed by atoms with Crippen molar-refractivity contribution in [3.63, 3.8) is 0 Å². The molecule has 2 aromatic carbocycles. The fourth-order valence-electron chi connectivity index (χ4n) is 2.64. The van der Waals surface area contributed by atoms with Gasteiger partial charge in [-0.25, -0.2) is 13.6 Å². The summed E-state index contributed by atoms with van der Waals surface area (Å²) in [6.45, 7) is 6.43. The van der Waals surface area contributed by atoms with Crippen LogP contribution >= 0.6 is 11.6 Å². The van der Waals surface area contributed by atoms with Crippen molar-refractivity contribution in [2.75, 3.05) is 19.8 Å². The summed E-state index contributed by atoms with van der Waals surface area (Å²) in [5.41, 5.74) is 2.03. The van der Waals surface area contributed by atoms with Gasteiger partial charge >= 0.3 is 0 Å². The fourth-order valence-corrected chi connectivity index (χ4v) is 3.45. The molecular formula is C20H27ClN2O4S. The molecule has 0 unspecified atom stereocenters. The quantitative estimate of drug-likeness (QED) is 0.536. The Morgan fingerprint density at radius 2 is 1.79 bits per heavy atom. The van der Waals surface area contributed by atoms with Crippen LogP contribution in [0.2, 0.25) is 5.02 Å². The number of sulfonamides is 1. The van der Waals surface area contributed by atoms with Crippen LogP contribution in [0, 0.1) is 0 Å². The van der Waals surface area contributed by atoms with E-state index in [4.69, 9.17) is 26.2 Å². The molecule has 0 saturated heterocycles. The maximum Gasteiger partial charge on any atom is 0.238 e. The van der Waals surface area contributed by atoms with Crippen molar-refractivity contribution < 1.29 is 17.9 Å². The summed E-state index contributed by atoms with van der Waals surface area (Å²) in [6.07, 6.45) is 1.65. The molecule has 0 aliphatic rings. The minimum atomic E-state index is -3.65. The lowest BCUT2D eigenvalue weighted by molar-refractivity contribution is 0.277. The van der Waals surface area contributed by atoms with Crippen LogP contribution in [0.4, 0.5) is 0 Å². The Morgan fingerprint density at radius 3 is 2.39 bits per heavy atom. The van der Waals surface area contributed by atoms with Gasteiger partial charge < -0.3 is 14.8 Å². The Bertz CT molecular complexity index is 871. The monoisotopic (exact) mass is 426 g/mol. The number of hydrogen-bond acceptors (Lipinski definition) is 5. The van der Waals surface area contributed by atoms with Crippen LogP contribution in [0.15, 0.2) is 41.3 Å². The summed E-state index contributed by atoms with van der Waals surface area (Å²) in [6, 6.07) is 10.4. The molecule has 0 atom stereocenters. The van der Waals surface area contributed by atoms with Gasteiger partial charge in [0.1, 0.15) is 0 Å². The van der Waals surface area contributed by atoms with Crippen molar-refractivity contribution in [2.45, 2.75) is 38.1 Å². The van der Waals surface area contributed by atoms with E-state index in [1.807, 2.05) is 26.0 Å². The first-order valence-corrected chi connectivity index (χ1v) is 11.2. The van der Waals surface area contributed by atoms with Crippen molar-refractivity contribution >= 4 is 21.6 Å². The largest absolute Gasteiger partial charge is 0.490 e. The molecule has 0 radical (unpaired) electrons. The Hall–Kier alpha value is -1.80. The van der Waals surface area contributed by atoms with Gasteiger partial charge in [-0.15, -0.1) is 0 Å². The van der Waals surface area contributed by atoms with Gasteiger partial charge in [0.2, 0.25) is 10.0 Å². The van der Waals surface area contributed by atoms with E-state index in [-0.39, 0.29) is 4.90 Å². The van der Waals surface area contributed by atoms with Crippen LogP contribution in [0.5, 0.6) is 11.5 Å². The summed E-state index contributed by atoms with van der Waals surface area (Å²) in [5.74, 6) is 1.24. The molecule has 0 aromatic heterocycles. The predicted molar refractivity (Wildman–Crippen MR) is 112 cm³/mol. The van der Waals surface area contributed by atoms with Gasteiger partial charge in [0, 0.05) is 6.54 Å². The molecular weight excluding hydrogens is 400 g/mol. The molecule has 0 saturated carbocycles. The van der Waals surface area contributed by atoms with Crippen molar-refractivity contribution in [3.8, 4) is 11.5 Å². The summed E-state index contributed by atoms with van der Waals surface area (Å²) < 4.78 is 33.9. The standard InChI is InChI=1S/C20H27ClN2O4S/c1-3-11-27-20-18(21)12-16(13-19(20)26-4-2)14-23-10-9-15-5-7-17(8-6-15)28(22,24)25/h5-8,12-13,23H,3-4,9-11,14H2,1-2H3,(H2,22,24,25). The summed E-state index contributed by atoms with van der Waals surface area (Å²) in [4.78, 5) is 0.118. The van der Waals surface area contributed by atoms with Gasteiger partial charge in [0.05, 0.1) is 23.1 Å². The third kappa shape index (κ3) is 6.67. The van der Waals surface area contributed by atoms with E-state index < -0.39 is 10.0 Å². The van der Waals surface area contributed by atoms with E-state index in [1.165, 1.54) is 12.1 Å². The second-order valence-corrected chi connectivity index (χ2v) is 8.27. The summed E-state index contributed by atoms with van der Waals surface area (Å²) in [7, 11) is -3.65. The van der Waals surface area contributed by atoms with Gasteiger partial charge in [0.25, 0.3) is 0 Å². The first kappa shape index (κ1) is 22.5. The molecule has 28 heavy (non-hydrogen) atoms.